The van der Waals surface area contributed by atoms with Gasteiger partial charge in [0.05, 0.1) is 0 Å². The van der Waals surface area contributed by atoms with Crippen molar-refractivity contribution >= 4 is 16.2 Å². The number of piperazine rings is 1. The average Bonchev–Trinajstić information content (AvgIpc) is 2.27. The molecule has 0 aromatic carbocycles. The van der Waals surface area contributed by atoms with E-state index in [4.69, 9.17) is 5.11 Å². The number of hydrogen-bond acceptors (Lipinski definition) is 4. The Balaban J connectivity index is 2.99. The van der Waals surface area contributed by atoms with E-state index in [0.717, 1.165) is 4.31 Å². The van der Waals surface area contributed by atoms with Gasteiger partial charge in [0.1, 0.15) is 6.04 Å². The minimum atomic E-state index is -3.71. The molecule has 7 nitrogen and oxygen atoms in total. The highest BCUT2D eigenvalue weighted by atomic mass is 32.2. The van der Waals surface area contributed by atoms with Crippen LogP contribution in [0.4, 0.5) is 0 Å². The topological polar surface area (TPSA) is 90.0 Å². The SMILES string of the molecule is CC(C)N(C)S(=O)(=O)N1CCNCC1C(=O)O. The van der Waals surface area contributed by atoms with Gasteiger partial charge in [0.2, 0.25) is 0 Å². The molecule has 0 spiro atoms. The zero-order valence-electron chi connectivity index (χ0n) is 10.3. The molecule has 1 rings (SSSR count). The molecule has 1 atom stereocenters. The molecule has 1 unspecified atom stereocenters. The second-order valence-corrected chi connectivity index (χ2v) is 6.23. The van der Waals surface area contributed by atoms with Crippen molar-refractivity contribution in [1.29, 1.82) is 0 Å². The number of carboxylic acid groups (broad SMARTS) is 1. The molecular weight excluding hydrogens is 246 g/mol. The highest BCUT2D eigenvalue weighted by molar-refractivity contribution is 7.86. The number of nitrogens with zero attached hydrogens (tertiary/aromatic N) is 2. The Bertz CT molecular complexity index is 382. The van der Waals surface area contributed by atoms with Crippen molar-refractivity contribution in [1.82, 2.24) is 13.9 Å². The molecule has 0 bridgehead atoms. The van der Waals surface area contributed by atoms with Crippen LogP contribution in [0, 0.1) is 0 Å². The summed E-state index contributed by atoms with van der Waals surface area (Å²) in [5.74, 6) is -1.13. The monoisotopic (exact) mass is 265 g/mol. The molecule has 0 radical (unpaired) electrons. The summed E-state index contributed by atoms with van der Waals surface area (Å²) in [6.45, 7) is 4.27. The molecule has 1 aliphatic rings. The summed E-state index contributed by atoms with van der Waals surface area (Å²) in [5.41, 5.74) is 0. The minimum absolute atomic E-state index is 0.139. The van der Waals surface area contributed by atoms with Gasteiger partial charge in [0.25, 0.3) is 10.2 Å². The molecule has 8 heteroatoms. The summed E-state index contributed by atoms with van der Waals surface area (Å²) in [5, 5.41) is 11.9. The van der Waals surface area contributed by atoms with Crippen LogP contribution in [-0.4, -0.2) is 66.9 Å². The van der Waals surface area contributed by atoms with Gasteiger partial charge in [-0.2, -0.15) is 17.0 Å². The Morgan fingerprint density at radius 1 is 1.53 bits per heavy atom. The van der Waals surface area contributed by atoms with Crippen LogP contribution in [0.1, 0.15) is 13.8 Å². The van der Waals surface area contributed by atoms with Gasteiger partial charge >= 0.3 is 5.97 Å². The predicted octanol–water partition coefficient (Wildman–Crippen LogP) is -1.07. The Morgan fingerprint density at radius 3 is 2.59 bits per heavy atom. The lowest BCUT2D eigenvalue weighted by molar-refractivity contribution is -0.141. The predicted molar refractivity (Wildman–Crippen MR) is 62.8 cm³/mol. The normalized spacial score (nSPS) is 23.2. The van der Waals surface area contributed by atoms with E-state index in [2.05, 4.69) is 5.32 Å². The standard InChI is InChI=1S/C9H19N3O4S/c1-7(2)11(3)17(15,16)12-5-4-10-6-8(12)9(13)14/h7-8,10H,4-6H2,1-3H3,(H,13,14). The summed E-state index contributed by atoms with van der Waals surface area (Å²) in [6, 6.07) is -1.24. The van der Waals surface area contributed by atoms with Gasteiger partial charge in [-0.15, -0.1) is 0 Å². The van der Waals surface area contributed by atoms with Gasteiger partial charge in [-0.05, 0) is 13.8 Å². The maximum atomic E-state index is 12.2. The summed E-state index contributed by atoms with van der Waals surface area (Å²) >= 11 is 0. The molecule has 1 fully saturated rings. The van der Waals surface area contributed by atoms with Crippen LogP contribution in [-0.2, 0) is 15.0 Å². The van der Waals surface area contributed by atoms with E-state index in [-0.39, 0.29) is 19.1 Å². The quantitative estimate of drug-likeness (QED) is 0.675. The van der Waals surface area contributed by atoms with Crippen molar-refractivity contribution in [2.45, 2.75) is 25.9 Å². The Morgan fingerprint density at radius 2 is 2.12 bits per heavy atom. The third kappa shape index (κ3) is 2.95. The molecule has 1 aliphatic heterocycles. The van der Waals surface area contributed by atoms with E-state index in [1.807, 2.05) is 0 Å². The zero-order valence-corrected chi connectivity index (χ0v) is 11.1. The van der Waals surface area contributed by atoms with E-state index in [0.29, 0.717) is 6.54 Å². The summed E-state index contributed by atoms with van der Waals surface area (Å²) in [6.07, 6.45) is 0. The van der Waals surface area contributed by atoms with Gasteiger partial charge in [-0.25, -0.2) is 0 Å². The Labute approximate surface area is 102 Å². The average molecular weight is 265 g/mol. The number of nitrogens with one attached hydrogen (secondary N) is 1. The number of hydrogen-bond donors (Lipinski definition) is 2. The van der Waals surface area contributed by atoms with Crippen molar-refractivity contribution < 1.29 is 18.3 Å². The molecule has 1 heterocycles. The highest BCUT2D eigenvalue weighted by Crippen LogP contribution is 2.15. The number of carboxylic acids is 1. The fraction of sp³-hybridized carbons (Fsp3) is 0.889. The third-order valence-electron chi connectivity index (χ3n) is 2.87. The first kappa shape index (κ1) is 14.4. The molecular formula is C9H19N3O4S. The zero-order chi connectivity index (χ0) is 13.2. The number of aliphatic carboxylic acids is 1. The van der Waals surface area contributed by atoms with Gasteiger partial charge in [-0.3, -0.25) is 4.79 Å². The molecule has 2 N–H and O–H groups in total. The summed E-state index contributed by atoms with van der Waals surface area (Å²) in [4.78, 5) is 11.0. The molecule has 0 aliphatic carbocycles. The van der Waals surface area contributed by atoms with E-state index in [1.54, 1.807) is 13.8 Å². The Hall–Kier alpha value is -0.700. The second-order valence-electron chi connectivity index (χ2n) is 4.29. The molecule has 0 amide bonds. The van der Waals surface area contributed by atoms with Gasteiger partial charge in [0.15, 0.2) is 0 Å². The fourth-order valence-electron chi connectivity index (χ4n) is 1.60. The van der Waals surface area contributed by atoms with Crippen LogP contribution in [0.15, 0.2) is 0 Å². The van der Waals surface area contributed by atoms with Crippen molar-refractivity contribution in [2.75, 3.05) is 26.7 Å². The van der Waals surface area contributed by atoms with Crippen LogP contribution in [0.25, 0.3) is 0 Å². The van der Waals surface area contributed by atoms with Crippen LogP contribution in [0.5, 0.6) is 0 Å². The maximum absolute atomic E-state index is 12.2. The van der Waals surface area contributed by atoms with E-state index in [9.17, 15) is 13.2 Å². The first-order valence-electron chi connectivity index (χ1n) is 5.46. The largest absolute Gasteiger partial charge is 0.480 e. The third-order valence-corrected chi connectivity index (χ3v) is 5.05. The molecule has 0 saturated carbocycles. The van der Waals surface area contributed by atoms with Crippen LogP contribution < -0.4 is 5.32 Å². The van der Waals surface area contributed by atoms with Crippen molar-refractivity contribution in [3.63, 3.8) is 0 Å². The highest BCUT2D eigenvalue weighted by Gasteiger charge is 2.39. The Kier molecular flexibility index (Phi) is 4.48. The van der Waals surface area contributed by atoms with Gasteiger partial charge < -0.3 is 10.4 Å². The van der Waals surface area contributed by atoms with E-state index in [1.165, 1.54) is 11.4 Å². The van der Waals surface area contributed by atoms with Crippen LogP contribution in [0.2, 0.25) is 0 Å². The second kappa shape index (κ2) is 5.30. The van der Waals surface area contributed by atoms with Crippen LogP contribution in [0.3, 0.4) is 0 Å². The first-order valence-corrected chi connectivity index (χ1v) is 6.86. The van der Waals surface area contributed by atoms with E-state index < -0.39 is 22.2 Å². The minimum Gasteiger partial charge on any atom is -0.480 e. The smallest absolute Gasteiger partial charge is 0.323 e. The van der Waals surface area contributed by atoms with Gasteiger partial charge in [-0.1, -0.05) is 0 Å². The molecule has 1 saturated heterocycles. The maximum Gasteiger partial charge on any atom is 0.323 e. The molecule has 0 aromatic rings. The first-order chi connectivity index (χ1) is 7.78. The van der Waals surface area contributed by atoms with Crippen molar-refractivity contribution in [2.24, 2.45) is 0 Å². The molecule has 100 valence electrons. The van der Waals surface area contributed by atoms with Crippen molar-refractivity contribution in [3.05, 3.63) is 0 Å². The fourth-order valence-corrected chi connectivity index (χ4v) is 3.28. The van der Waals surface area contributed by atoms with Gasteiger partial charge in [0, 0.05) is 32.7 Å². The lowest BCUT2D eigenvalue weighted by Crippen LogP contribution is -2.60. The lowest BCUT2D eigenvalue weighted by Gasteiger charge is -2.36. The molecule has 17 heavy (non-hydrogen) atoms. The van der Waals surface area contributed by atoms with Crippen molar-refractivity contribution in [3.8, 4) is 0 Å². The van der Waals surface area contributed by atoms with E-state index >= 15 is 0 Å². The number of carbonyl (C=O) groups is 1. The summed E-state index contributed by atoms with van der Waals surface area (Å²) < 4.78 is 26.6. The van der Waals surface area contributed by atoms with Crippen LogP contribution >= 0.6 is 0 Å². The molecule has 0 aromatic heterocycles. The summed E-state index contributed by atoms with van der Waals surface area (Å²) in [7, 11) is -2.25. The number of rotatable bonds is 4. The lowest BCUT2D eigenvalue weighted by atomic mass is 10.2.